The fraction of sp³-hybridized carbons (Fsp3) is 0.174. The van der Waals surface area contributed by atoms with E-state index >= 15 is 0 Å². The highest BCUT2D eigenvalue weighted by molar-refractivity contribution is 7.13. The van der Waals surface area contributed by atoms with Crippen LogP contribution < -0.4 is 10.1 Å². The molecule has 0 aliphatic heterocycles. The predicted molar refractivity (Wildman–Crippen MR) is 120 cm³/mol. The minimum absolute atomic E-state index is 0.0585. The number of halogens is 1. The maximum atomic E-state index is 13.5. The summed E-state index contributed by atoms with van der Waals surface area (Å²) in [6.07, 6.45) is -0.0585. The zero-order chi connectivity index (χ0) is 22.0. The molecule has 0 bridgehead atoms. The molecule has 31 heavy (non-hydrogen) atoms. The van der Waals surface area contributed by atoms with Gasteiger partial charge in [-0.2, -0.15) is 4.98 Å². The van der Waals surface area contributed by atoms with Gasteiger partial charge in [-0.05, 0) is 74.2 Å². The smallest absolute Gasteiger partial charge is 0.336 e. The van der Waals surface area contributed by atoms with Crippen molar-refractivity contribution in [1.82, 2.24) is 14.8 Å². The highest BCUT2D eigenvalue weighted by atomic mass is 32.1. The van der Waals surface area contributed by atoms with Gasteiger partial charge in [0.15, 0.2) is 5.82 Å². The summed E-state index contributed by atoms with van der Waals surface area (Å²) in [5.74, 6) is -0.00491. The van der Waals surface area contributed by atoms with Crippen molar-refractivity contribution in [3.63, 3.8) is 0 Å². The maximum absolute atomic E-state index is 13.5. The lowest BCUT2D eigenvalue weighted by Gasteiger charge is -2.09. The molecular formula is C23H21FN4O2S. The number of aryl methyl sites for hydroxylation is 1. The van der Waals surface area contributed by atoms with Gasteiger partial charge in [-0.25, -0.2) is 9.07 Å². The van der Waals surface area contributed by atoms with Gasteiger partial charge >= 0.3 is 6.01 Å². The topological polar surface area (TPSA) is 69.0 Å². The molecule has 0 saturated carbocycles. The highest BCUT2D eigenvalue weighted by Gasteiger charge is 2.17. The zero-order valence-electron chi connectivity index (χ0n) is 17.3. The number of amides is 1. The van der Waals surface area contributed by atoms with E-state index in [2.05, 4.69) is 15.4 Å². The summed E-state index contributed by atoms with van der Waals surface area (Å²) < 4.78 is 20.9. The summed E-state index contributed by atoms with van der Waals surface area (Å²) >= 11 is 1.55. The van der Waals surface area contributed by atoms with Crippen LogP contribution in [0.1, 0.15) is 29.8 Å². The SMILES string of the molecule is Cc1cc(C(=O)Nc2cccc(-n3nc(OC(C)C)nc3-c3cccs3)c2)ccc1F. The van der Waals surface area contributed by atoms with Crippen molar-refractivity contribution < 1.29 is 13.9 Å². The molecule has 158 valence electrons. The fourth-order valence-electron chi connectivity index (χ4n) is 3.00. The molecule has 0 saturated heterocycles. The quantitative estimate of drug-likeness (QED) is 0.434. The number of carbonyl (C=O) groups is 1. The minimum Gasteiger partial charge on any atom is -0.460 e. The molecule has 1 amide bonds. The Kier molecular flexibility index (Phi) is 5.81. The molecule has 0 spiro atoms. The molecule has 0 unspecified atom stereocenters. The summed E-state index contributed by atoms with van der Waals surface area (Å²) in [6, 6.07) is 15.8. The third-order valence-electron chi connectivity index (χ3n) is 4.44. The third-order valence-corrected chi connectivity index (χ3v) is 5.30. The van der Waals surface area contributed by atoms with Crippen molar-refractivity contribution >= 4 is 22.9 Å². The number of carbonyl (C=O) groups excluding carboxylic acids is 1. The summed E-state index contributed by atoms with van der Waals surface area (Å²) in [6.45, 7) is 5.46. The van der Waals surface area contributed by atoms with Crippen molar-refractivity contribution in [1.29, 1.82) is 0 Å². The Morgan fingerprint density at radius 3 is 2.71 bits per heavy atom. The third kappa shape index (κ3) is 4.64. The summed E-state index contributed by atoms with van der Waals surface area (Å²) in [5, 5.41) is 9.34. The molecule has 0 atom stereocenters. The lowest BCUT2D eigenvalue weighted by molar-refractivity contribution is 0.102. The minimum atomic E-state index is -0.342. The van der Waals surface area contributed by atoms with Crippen LogP contribution in [0, 0.1) is 12.7 Å². The Morgan fingerprint density at radius 1 is 1.16 bits per heavy atom. The first-order valence-corrected chi connectivity index (χ1v) is 10.6. The van der Waals surface area contributed by atoms with Crippen LogP contribution in [0.25, 0.3) is 16.4 Å². The number of anilines is 1. The molecule has 2 heterocycles. The van der Waals surface area contributed by atoms with Gasteiger partial charge in [0.2, 0.25) is 0 Å². The average molecular weight is 437 g/mol. The second-order valence-corrected chi connectivity index (χ2v) is 8.19. The van der Waals surface area contributed by atoms with Crippen LogP contribution in [0.4, 0.5) is 10.1 Å². The first-order valence-electron chi connectivity index (χ1n) is 9.76. The molecule has 4 rings (SSSR count). The molecule has 4 aromatic rings. The predicted octanol–water partition coefficient (Wildman–Crippen LogP) is 5.48. The van der Waals surface area contributed by atoms with Gasteiger partial charge in [0.05, 0.1) is 16.7 Å². The Balaban J connectivity index is 1.65. The van der Waals surface area contributed by atoms with Gasteiger partial charge in [0.1, 0.15) is 5.82 Å². The molecule has 0 radical (unpaired) electrons. The fourth-order valence-corrected chi connectivity index (χ4v) is 3.70. The monoisotopic (exact) mass is 436 g/mol. The molecule has 0 aliphatic carbocycles. The second kappa shape index (κ2) is 8.69. The first kappa shape index (κ1) is 20.7. The molecule has 0 aliphatic rings. The van der Waals surface area contributed by atoms with Crippen LogP contribution in [0.2, 0.25) is 0 Å². The number of nitrogens with one attached hydrogen (secondary N) is 1. The molecule has 6 nitrogen and oxygen atoms in total. The number of aromatic nitrogens is 3. The number of thiophene rings is 1. The van der Waals surface area contributed by atoms with E-state index < -0.39 is 0 Å². The van der Waals surface area contributed by atoms with Crippen LogP contribution in [0.15, 0.2) is 60.0 Å². The molecule has 0 fully saturated rings. The lowest BCUT2D eigenvalue weighted by atomic mass is 10.1. The van der Waals surface area contributed by atoms with Crippen LogP contribution >= 0.6 is 11.3 Å². The largest absolute Gasteiger partial charge is 0.460 e. The normalized spacial score (nSPS) is 11.0. The van der Waals surface area contributed by atoms with E-state index in [0.29, 0.717) is 22.6 Å². The van der Waals surface area contributed by atoms with Crippen molar-refractivity contribution in [3.8, 4) is 22.4 Å². The van der Waals surface area contributed by atoms with Gasteiger partial charge < -0.3 is 10.1 Å². The van der Waals surface area contributed by atoms with Gasteiger partial charge in [0.25, 0.3) is 5.91 Å². The van der Waals surface area contributed by atoms with E-state index in [0.717, 1.165) is 10.6 Å². The summed E-state index contributed by atoms with van der Waals surface area (Å²) in [5.41, 5.74) is 2.12. The van der Waals surface area contributed by atoms with Crippen LogP contribution in [-0.4, -0.2) is 26.8 Å². The zero-order valence-corrected chi connectivity index (χ0v) is 18.1. The second-order valence-electron chi connectivity index (χ2n) is 7.24. The highest BCUT2D eigenvalue weighted by Crippen LogP contribution is 2.28. The summed E-state index contributed by atoms with van der Waals surface area (Å²) in [7, 11) is 0. The van der Waals surface area contributed by atoms with E-state index in [1.807, 2.05) is 43.5 Å². The Bertz CT molecular complexity index is 1220. The van der Waals surface area contributed by atoms with Crippen LogP contribution in [0.5, 0.6) is 6.01 Å². The number of hydrogen-bond donors (Lipinski definition) is 1. The molecule has 8 heteroatoms. The van der Waals surface area contributed by atoms with Crippen molar-refractivity contribution in [3.05, 3.63) is 76.9 Å². The van der Waals surface area contributed by atoms with Crippen LogP contribution in [-0.2, 0) is 0 Å². The molecule has 1 N–H and O–H groups in total. The maximum Gasteiger partial charge on any atom is 0.336 e. The number of rotatable bonds is 6. The van der Waals surface area contributed by atoms with Gasteiger partial charge in [-0.3, -0.25) is 4.79 Å². The van der Waals surface area contributed by atoms with Crippen molar-refractivity contribution in [2.24, 2.45) is 0 Å². The molecule has 2 aromatic heterocycles. The van der Waals surface area contributed by atoms with Crippen LogP contribution in [0.3, 0.4) is 0 Å². The van der Waals surface area contributed by atoms with E-state index in [-0.39, 0.29) is 23.8 Å². The van der Waals surface area contributed by atoms with Gasteiger partial charge in [-0.15, -0.1) is 16.4 Å². The van der Waals surface area contributed by atoms with Gasteiger partial charge in [-0.1, -0.05) is 12.1 Å². The lowest BCUT2D eigenvalue weighted by Crippen LogP contribution is -2.12. The van der Waals surface area contributed by atoms with Gasteiger partial charge in [0, 0.05) is 11.3 Å². The average Bonchev–Trinajstić information content (AvgIpc) is 3.39. The van der Waals surface area contributed by atoms with Crippen molar-refractivity contribution in [2.75, 3.05) is 5.32 Å². The standard InChI is InChI=1S/C23H21FN4O2S/c1-14(2)30-23-26-21(20-8-5-11-31-20)28(27-23)18-7-4-6-17(13-18)25-22(29)16-9-10-19(24)15(3)12-16/h4-14H,1-3H3,(H,25,29). The number of hydrogen-bond acceptors (Lipinski definition) is 5. The first-order chi connectivity index (χ1) is 14.9. The Morgan fingerprint density at radius 2 is 2.00 bits per heavy atom. The number of ether oxygens (including phenoxy) is 1. The number of nitrogens with zero attached hydrogens (tertiary/aromatic N) is 3. The van der Waals surface area contributed by atoms with E-state index in [1.54, 1.807) is 35.1 Å². The summed E-state index contributed by atoms with van der Waals surface area (Å²) in [4.78, 5) is 18.1. The molecular weight excluding hydrogens is 415 g/mol. The molecule has 2 aromatic carbocycles. The van der Waals surface area contributed by atoms with Crippen molar-refractivity contribution in [2.45, 2.75) is 26.9 Å². The number of benzene rings is 2. The Labute approximate surface area is 183 Å². The van der Waals surface area contributed by atoms with E-state index in [1.165, 1.54) is 18.2 Å². The Hall–Kier alpha value is -3.52. The van der Waals surface area contributed by atoms with E-state index in [4.69, 9.17) is 4.74 Å². The van der Waals surface area contributed by atoms with E-state index in [9.17, 15) is 9.18 Å².